The van der Waals surface area contributed by atoms with Crippen LogP contribution in [0.3, 0.4) is 0 Å². The molecule has 4 nitrogen and oxygen atoms in total. The van der Waals surface area contributed by atoms with Crippen molar-refractivity contribution in [3.63, 3.8) is 0 Å². The fourth-order valence-electron chi connectivity index (χ4n) is 1.16. The molecule has 15 heavy (non-hydrogen) atoms. The molecule has 0 saturated carbocycles. The Hall–Kier alpha value is -0.330. The average molecular weight is 341 g/mol. The summed E-state index contributed by atoms with van der Waals surface area (Å²) in [6.45, 7) is 0. The van der Waals surface area contributed by atoms with E-state index in [2.05, 4.69) is 31.9 Å². The first kappa shape index (κ1) is 12.7. The van der Waals surface area contributed by atoms with E-state index >= 15 is 0 Å². The first-order chi connectivity index (χ1) is 6.99. The van der Waals surface area contributed by atoms with Crippen LogP contribution < -0.4 is 5.73 Å². The van der Waals surface area contributed by atoms with E-state index in [-0.39, 0.29) is 12.5 Å². The molecule has 3 N–H and O–H groups in total. The third kappa shape index (κ3) is 4.36. The van der Waals surface area contributed by atoms with Gasteiger partial charge >= 0.3 is 5.97 Å². The Bertz CT molecular complexity index is 332. The summed E-state index contributed by atoms with van der Waals surface area (Å²) < 4.78 is 6.80. The number of furan rings is 1. The molecular formula is C9H11Br2NO3. The molecule has 0 saturated heterocycles. The topological polar surface area (TPSA) is 76.5 Å². The van der Waals surface area contributed by atoms with E-state index in [1.807, 2.05) is 6.07 Å². The van der Waals surface area contributed by atoms with Crippen LogP contribution in [0.1, 0.15) is 18.6 Å². The van der Waals surface area contributed by atoms with Gasteiger partial charge in [-0.05, 0) is 44.3 Å². The highest BCUT2D eigenvalue weighted by Gasteiger charge is 2.11. The minimum atomic E-state index is -0.827. The second kappa shape index (κ2) is 5.67. The summed E-state index contributed by atoms with van der Waals surface area (Å²) in [5, 5.41) is 8.48. The van der Waals surface area contributed by atoms with Crippen LogP contribution >= 0.6 is 31.9 Å². The van der Waals surface area contributed by atoms with Crippen LogP contribution in [0.5, 0.6) is 0 Å². The molecule has 0 spiro atoms. The second-order valence-electron chi connectivity index (χ2n) is 3.23. The van der Waals surface area contributed by atoms with E-state index in [0.717, 1.165) is 10.2 Å². The summed E-state index contributed by atoms with van der Waals surface area (Å²) in [7, 11) is 0. The van der Waals surface area contributed by atoms with Crippen LogP contribution in [0.2, 0.25) is 0 Å². The van der Waals surface area contributed by atoms with Crippen molar-refractivity contribution in [2.24, 2.45) is 5.73 Å². The Morgan fingerprint density at radius 2 is 2.27 bits per heavy atom. The lowest BCUT2D eigenvalue weighted by atomic mass is 10.1. The van der Waals surface area contributed by atoms with Crippen LogP contribution in [-0.2, 0) is 11.2 Å². The Labute approximate surface area is 104 Å². The van der Waals surface area contributed by atoms with Crippen molar-refractivity contribution in [2.75, 3.05) is 0 Å². The van der Waals surface area contributed by atoms with Gasteiger partial charge in [-0.15, -0.1) is 0 Å². The third-order valence-electron chi connectivity index (χ3n) is 1.89. The molecule has 0 aliphatic carbocycles. The number of carboxylic acids is 1. The van der Waals surface area contributed by atoms with Gasteiger partial charge in [0.15, 0.2) is 4.67 Å². The quantitative estimate of drug-likeness (QED) is 0.863. The molecule has 0 radical (unpaired) electrons. The fraction of sp³-hybridized carbons (Fsp3) is 0.444. The van der Waals surface area contributed by atoms with Gasteiger partial charge in [-0.25, -0.2) is 0 Å². The number of hydrogen-bond donors (Lipinski definition) is 2. The predicted octanol–water partition coefficient (Wildman–Crippen LogP) is 2.54. The first-order valence-corrected chi connectivity index (χ1v) is 5.98. The van der Waals surface area contributed by atoms with Gasteiger partial charge in [-0.1, -0.05) is 0 Å². The van der Waals surface area contributed by atoms with Gasteiger partial charge < -0.3 is 15.3 Å². The zero-order valence-electron chi connectivity index (χ0n) is 7.87. The second-order valence-corrected chi connectivity index (χ2v) is 4.81. The number of carboxylic acid groups (broad SMARTS) is 1. The Morgan fingerprint density at radius 3 is 2.73 bits per heavy atom. The van der Waals surface area contributed by atoms with E-state index in [9.17, 15) is 4.79 Å². The number of aliphatic carboxylic acids is 1. The summed E-state index contributed by atoms with van der Waals surface area (Å²) in [4.78, 5) is 10.3. The van der Waals surface area contributed by atoms with Crippen molar-refractivity contribution in [3.8, 4) is 0 Å². The van der Waals surface area contributed by atoms with Crippen molar-refractivity contribution in [3.05, 3.63) is 21.0 Å². The highest BCUT2D eigenvalue weighted by Crippen LogP contribution is 2.27. The van der Waals surface area contributed by atoms with E-state index in [0.29, 0.717) is 17.5 Å². The van der Waals surface area contributed by atoms with Gasteiger partial charge in [0, 0.05) is 18.9 Å². The zero-order valence-corrected chi connectivity index (χ0v) is 11.0. The number of nitrogens with two attached hydrogens (primary N) is 1. The van der Waals surface area contributed by atoms with Crippen LogP contribution in [0, 0.1) is 0 Å². The monoisotopic (exact) mass is 339 g/mol. The van der Waals surface area contributed by atoms with Gasteiger partial charge in [0.2, 0.25) is 0 Å². The first-order valence-electron chi connectivity index (χ1n) is 4.40. The smallest absolute Gasteiger partial charge is 0.303 e. The van der Waals surface area contributed by atoms with Crippen LogP contribution in [-0.4, -0.2) is 17.1 Å². The molecule has 1 heterocycles. The number of halogens is 2. The van der Waals surface area contributed by atoms with Gasteiger partial charge in [-0.3, -0.25) is 4.79 Å². The number of rotatable bonds is 5. The van der Waals surface area contributed by atoms with Gasteiger partial charge in [0.1, 0.15) is 5.76 Å². The van der Waals surface area contributed by atoms with Crippen molar-refractivity contribution in [2.45, 2.75) is 25.3 Å². The summed E-state index contributed by atoms with van der Waals surface area (Å²) >= 11 is 6.51. The maximum absolute atomic E-state index is 10.3. The highest BCUT2D eigenvalue weighted by atomic mass is 79.9. The summed E-state index contributed by atoms with van der Waals surface area (Å²) in [6.07, 6.45) is 1.08. The standard InChI is InChI=1S/C9H11Br2NO3/c10-7-4-6(15-9(7)11)3-5(12)1-2-8(13)14/h4-5H,1-3,12H2,(H,13,14). The molecule has 1 aromatic heterocycles. The fourth-order valence-corrected chi connectivity index (χ4v) is 1.82. The van der Waals surface area contributed by atoms with Gasteiger partial charge in [-0.2, -0.15) is 0 Å². The molecule has 1 atom stereocenters. The highest BCUT2D eigenvalue weighted by molar-refractivity contribution is 9.13. The lowest BCUT2D eigenvalue weighted by Gasteiger charge is -2.07. The Morgan fingerprint density at radius 1 is 1.60 bits per heavy atom. The summed E-state index contributed by atoms with van der Waals surface area (Å²) in [5.41, 5.74) is 5.76. The lowest BCUT2D eigenvalue weighted by Crippen LogP contribution is -2.23. The molecule has 1 unspecified atom stereocenters. The molecule has 1 aromatic rings. The predicted molar refractivity (Wildman–Crippen MR) is 62.7 cm³/mol. The number of hydrogen-bond acceptors (Lipinski definition) is 3. The normalized spacial score (nSPS) is 12.7. The largest absolute Gasteiger partial charge is 0.481 e. The third-order valence-corrected chi connectivity index (χ3v) is 3.60. The molecular weight excluding hydrogens is 330 g/mol. The molecule has 0 aromatic carbocycles. The maximum atomic E-state index is 10.3. The molecule has 0 aliphatic heterocycles. The van der Waals surface area contributed by atoms with E-state index in [1.165, 1.54) is 0 Å². The Kier molecular flexibility index (Phi) is 4.82. The Balaban J connectivity index is 2.44. The molecule has 0 fully saturated rings. The van der Waals surface area contributed by atoms with E-state index in [1.54, 1.807) is 0 Å². The van der Waals surface area contributed by atoms with Crippen molar-refractivity contribution in [1.29, 1.82) is 0 Å². The van der Waals surface area contributed by atoms with Gasteiger partial charge in [0.05, 0.1) is 4.47 Å². The lowest BCUT2D eigenvalue weighted by molar-refractivity contribution is -0.137. The summed E-state index contributed by atoms with van der Waals surface area (Å²) in [6, 6.07) is 1.64. The van der Waals surface area contributed by atoms with Crippen molar-refractivity contribution in [1.82, 2.24) is 0 Å². The van der Waals surface area contributed by atoms with E-state index in [4.69, 9.17) is 15.3 Å². The van der Waals surface area contributed by atoms with Gasteiger partial charge in [0.25, 0.3) is 0 Å². The average Bonchev–Trinajstić information content (AvgIpc) is 2.42. The molecule has 0 amide bonds. The molecule has 1 rings (SSSR count). The zero-order chi connectivity index (χ0) is 11.4. The van der Waals surface area contributed by atoms with Crippen LogP contribution in [0.15, 0.2) is 19.6 Å². The molecule has 0 bridgehead atoms. The SMILES string of the molecule is NC(CCC(=O)O)Cc1cc(Br)c(Br)o1. The number of carbonyl (C=O) groups is 1. The van der Waals surface area contributed by atoms with Crippen molar-refractivity contribution >= 4 is 37.8 Å². The minimum Gasteiger partial charge on any atom is -0.481 e. The molecule has 6 heteroatoms. The van der Waals surface area contributed by atoms with Crippen LogP contribution in [0.25, 0.3) is 0 Å². The van der Waals surface area contributed by atoms with E-state index < -0.39 is 5.97 Å². The van der Waals surface area contributed by atoms with Crippen LogP contribution in [0.4, 0.5) is 0 Å². The molecule has 0 aliphatic rings. The molecule has 84 valence electrons. The maximum Gasteiger partial charge on any atom is 0.303 e. The van der Waals surface area contributed by atoms with Crippen molar-refractivity contribution < 1.29 is 14.3 Å². The summed E-state index contributed by atoms with van der Waals surface area (Å²) in [5.74, 6) is -0.0844. The minimum absolute atomic E-state index is 0.0875.